The molecule has 1 aliphatic carbocycles. The number of sulfonamides is 1. The maximum absolute atomic E-state index is 14.0. The second-order valence-electron chi connectivity index (χ2n) is 12.5. The van der Waals surface area contributed by atoms with E-state index >= 15 is 0 Å². The Morgan fingerprint density at radius 3 is 2.33 bits per heavy atom. The van der Waals surface area contributed by atoms with Gasteiger partial charge in [0, 0.05) is 32.6 Å². The molecule has 0 radical (unpaired) electrons. The summed E-state index contributed by atoms with van der Waals surface area (Å²) in [6, 6.07) is 19.5. The van der Waals surface area contributed by atoms with E-state index in [0.717, 1.165) is 30.7 Å². The van der Waals surface area contributed by atoms with Crippen molar-refractivity contribution in [2.45, 2.75) is 62.6 Å². The Balaban J connectivity index is 0.00000138. The molecule has 0 unspecified atom stereocenters. The van der Waals surface area contributed by atoms with Crippen LogP contribution in [0.3, 0.4) is 0 Å². The van der Waals surface area contributed by atoms with Crippen molar-refractivity contribution < 1.29 is 37.5 Å². The van der Waals surface area contributed by atoms with Gasteiger partial charge in [-0.25, -0.2) is 13.9 Å². The first kappa shape index (κ1) is 38.7. The number of aliphatic carboxylic acids is 1. The van der Waals surface area contributed by atoms with E-state index in [4.69, 9.17) is 25.9 Å². The minimum Gasteiger partial charge on any atom is -0.481 e. The minimum absolute atomic E-state index is 0.0237. The van der Waals surface area contributed by atoms with Gasteiger partial charge in [-0.3, -0.25) is 29.4 Å². The largest absolute Gasteiger partial charge is 0.481 e. The number of carboxylic acid groups (broad SMARTS) is 1. The van der Waals surface area contributed by atoms with Crippen molar-refractivity contribution in [3.63, 3.8) is 0 Å². The SMILES string of the molecule is CC(=O)O.N=C(N)N1CCC[C@@H](CNC(=O)C[C@H](NS(=O)(=O)c2ccc3ccccc3c2)C(=O)N(CC(=O)NOCc2ccccc2)C2CC2)C1. The van der Waals surface area contributed by atoms with Crippen LogP contribution >= 0.6 is 0 Å². The summed E-state index contributed by atoms with van der Waals surface area (Å²) in [4.78, 5) is 57.4. The molecule has 16 heteroatoms. The number of amides is 3. The van der Waals surface area contributed by atoms with Gasteiger partial charge in [-0.15, -0.1) is 0 Å². The number of carbonyl (C=O) groups is 4. The predicted octanol–water partition coefficient (Wildman–Crippen LogP) is 1.93. The molecule has 3 aromatic rings. The van der Waals surface area contributed by atoms with E-state index in [1.807, 2.05) is 42.5 Å². The molecular weight excluding hydrogens is 678 g/mol. The third kappa shape index (κ3) is 12.3. The monoisotopic (exact) mass is 723 g/mol. The number of hydroxylamine groups is 1. The summed E-state index contributed by atoms with van der Waals surface area (Å²) in [6.07, 6.45) is 2.48. The molecule has 0 spiro atoms. The fraction of sp³-hybridized carbons (Fsp3) is 0.400. The Bertz CT molecular complexity index is 1800. The number of nitrogens with one attached hydrogen (secondary N) is 4. The highest BCUT2D eigenvalue weighted by atomic mass is 32.2. The minimum atomic E-state index is -4.25. The van der Waals surface area contributed by atoms with Crippen molar-refractivity contribution in [3.05, 3.63) is 78.4 Å². The lowest BCUT2D eigenvalue weighted by molar-refractivity contribution is -0.144. The summed E-state index contributed by atoms with van der Waals surface area (Å²) in [7, 11) is -4.25. The molecule has 274 valence electrons. The molecule has 7 N–H and O–H groups in total. The van der Waals surface area contributed by atoms with E-state index in [1.165, 1.54) is 17.0 Å². The molecule has 2 fully saturated rings. The van der Waals surface area contributed by atoms with Crippen LogP contribution in [-0.4, -0.2) is 91.2 Å². The Morgan fingerprint density at radius 1 is 1.00 bits per heavy atom. The maximum atomic E-state index is 14.0. The van der Waals surface area contributed by atoms with E-state index in [-0.39, 0.29) is 42.5 Å². The first-order chi connectivity index (χ1) is 24.3. The molecule has 3 amide bonds. The number of benzene rings is 3. The average Bonchev–Trinajstić information content (AvgIpc) is 3.95. The highest BCUT2D eigenvalue weighted by molar-refractivity contribution is 7.89. The number of carboxylic acids is 1. The van der Waals surface area contributed by atoms with Crippen molar-refractivity contribution in [3.8, 4) is 0 Å². The smallest absolute Gasteiger partial charge is 0.300 e. The molecule has 1 saturated heterocycles. The van der Waals surface area contributed by atoms with E-state index in [9.17, 15) is 22.8 Å². The molecular formula is C35H45N7O8S. The standard InChI is InChI=1S/C33H41N7O6S.C2H4O2/c34-33(35)39-16-6-9-24(20-39)19-36-30(41)18-29(38-47(44,45)28-15-12-25-10-4-5-11-26(25)17-28)32(43)40(27-13-14-27)21-31(42)37-46-22-23-7-2-1-3-8-23;1-2(3)4/h1-5,7-8,10-12,15,17,24,27,29,38H,6,9,13-14,16,18-22H2,(H3,34,35)(H,36,41)(H,37,42);1H3,(H,3,4)/t24-,29-;/m0./s1. The Labute approximate surface area is 297 Å². The molecule has 5 rings (SSSR count). The van der Waals surface area contributed by atoms with Crippen molar-refractivity contribution in [1.82, 2.24) is 25.3 Å². The molecule has 1 heterocycles. The van der Waals surface area contributed by atoms with Crippen LogP contribution in [0.4, 0.5) is 0 Å². The molecule has 0 aromatic heterocycles. The third-order valence-electron chi connectivity index (χ3n) is 8.32. The third-order valence-corrected chi connectivity index (χ3v) is 9.79. The maximum Gasteiger partial charge on any atom is 0.300 e. The van der Waals surface area contributed by atoms with Gasteiger partial charge in [-0.05, 0) is 60.1 Å². The Morgan fingerprint density at radius 2 is 1.67 bits per heavy atom. The number of nitrogens with two attached hydrogens (primary N) is 1. The number of carbonyl (C=O) groups excluding carboxylic acids is 3. The van der Waals surface area contributed by atoms with Crippen LogP contribution in [0.25, 0.3) is 10.8 Å². The van der Waals surface area contributed by atoms with Crippen molar-refractivity contribution in [1.29, 1.82) is 5.41 Å². The lowest BCUT2D eigenvalue weighted by Gasteiger charge is -2.33. The van der Waals surface area contributed by atoms with Crippen LogP contribution in [0, 0.1) is 11.3 Å². The van der Waals surface area contributed by atoms with Crippen LogP contribution in [0.5, 0.6) is 0 Å². The lowest BCUT2D eigenvalue weighted by Crippen LogP contribution is -2.53. The van der Waals surface area contributed by atoms with Gasteiger partial charge in [0.2, 0.25) is 21.8 Å². The molecule has 51 heavy (non-hydrogen) atoms. The first-order valence-corrected chi connectivity index (χ1v) is 18.1. The fourth-order valence-corrected chi connectivity index (χ4v) is 6.89. The number of fused-ring (bicyclic) bond motifs is 1. The molecule has 3 aromatic carbocycles. The summed E-state index contributed by atoms with van der Waals surface area (Å²) >= 11 is 0. The van der Waals surface area contributed by atoms with Gasteiger partial charge in [0.15, 0.2) is 5.96 Å². The van der Waals surface area contributed by atoms with Crippen molar-refractivity contribution in [2.24, 2.45) is 11.7 Å². The van der Waals surface area contributed by atoms with Crippen LogP contribution in [0.1, 0.15) is 44.6 Å². The quantitative estimate of drug-likeness (QED) is 0.0805. The van der Waals surface area contributed by atoms with E-state index in [0.29, 0.717) is 31.3 Å². The van der Waals surface area contributed by atoms with Crippen LogP contribution in [-0.2, 0) is 40.6 Å². The zero-order chi connectivity index (χ0) is 37.0. The van der Waals surface area contributed by atoms with Crippen LogP contribution < -0.4 is 21.3 Å². The first-order valence-electron chi connectivity index (χ1n) is 16.6. The second-order valence-corrected chi connectivity index (χ2v) is 14.3. The zero-order valence-electron chi connectivity index (χ0n) is 28.4. The number of guanidine groups is 1. The molecule has 0 bridgehead atoms. The topological polar surface area (TPSA) is 224 Å². The number of rotatable bonds is 14. The number of hydrogen-bond acceptors (Lipinski definition) is 8. The second kappa shape index (κ2) is 18.3. The lowest BCUT2D eigenvalue weighted by atomic mass is 9.98. The number of nitrogens with zero attached hydrogens (tertiary/aromatic N) is 2. The van der Waals surface area contributed by atoms with Gasteiger partial charge < -0.3 is 26.0 Å². The van der Waals surface area contributed by atoms with Gasteiger partial charge in [-0.1, -0.05) is 60.7 Å². The summed E-state index contributed by atoms with van der Waals surface area (Å²) in [5.41, 5.74) is 8.85. The summed E-state index contributed by atoms with van der Waals surface area (Å²) in [6.45, 7) is 2.33. The summed E-state index contributed by atoms with van der Waals surface area (Å²) in [5.74, 6) is -2.58. The molecule has 2 atom stereocenters. The summed E-state index contributed by atoms with van der Waals surface area (Å²) < 4.78 is 29.7. The summed E-state index contributed by atoms with van der Waals surface area (Å²) in [5, 5.41) is 19.5. The molecule has 1 saturated carbocycles. The predicted molar refractivity (Wildman–Crippen MR) is 189 cm³/mol. The average molecular weight is 724 g/mol. The van der Waals surface area contributed by atoms with Crippen LogP contribution in [0.15, 0.2) is 77.7 Å². The van der Waals surface area contributed by atoms with E-state index < -0.39 is 46.2 Å². The molecule has 2 aliphatic rings. The zero-order valence-corrected chi connectivity index (χ0v) is 29.2. The number of piperidine rings is 1. The van der Waals surface area contributed by atoms with Gasteiger partial charge in [0.25, 0.3) is 11.9 Å². The molecule has 15 nitrogen and oxygen atoms in total. The van der Waals surface area contributed by atoms with Gasteiger partial charge in [-0.2, -0.15) is 4.72 Å². The van der Waals surface area contributed by atoms with Crippen molar-refractivity contribution >= 4 is 50.4 Å². The Kier molecular flexibility index (Phi) is 13.9. The van der Waals surface area contributed by atoms with Gasteiger partial charge >= 0.3 is 0 Å². The normalized spacial score (nSPS) is 16.3. The molecule has 1 aliphatic heterocycles. The highest BCUT2D eigenvalue weighted by Crippen LogP contribution is 2.28. The van der Waals surface area contributed by atoms with Crippen LogP contribution in [0.2, 0.25) is 0 Å². The van der Waals surface area contributed by atoms with E-state index in [2.05, 4.69) is 15.5 Å². The number of hydrogen-bond donors (Lipinski definition) is 6. The Hall–Kier alpha value is -5.06. The highest BCUT2D eigenvalue weighted by Gasteiger charge is 2.39. The van der Waals surface area contributed by atoms with E-state index in [1.54, 1.807) is 23.1 Å². The van der Waals surface area contributed by atoms with Gasteiger partial charge in [0.1, 0.15) is 12.6 Å². The van der Waals surface area contributed by atoms with Crippen molar-refractivity contribution in [2.75, 3.05) is 26.2 Å². The number of likely N-dealkylation sites (tertiary alicyclic amines) is 1. The van der Waals surface area contributed by atoms with Gasteiger partial charge in [0.05, 0.1) is 17.9 Å². The fourth-order valence-electron chi connectivity index (χ4n) is 5.67.